The van der Waals surface area contributed by atoms with Crippen molar-refractivity contribution in [1.29, 1.82) is 0 Å². The lowest BCUT2D eigenvalue weighted by Gasteiger charge is -2.32. The number of nitrogens with one attached hydrogen (secondary N) is 1. The number of nitrogens with zero attached hydrogens (tertiary/aromatic N) is 2. The van der Waals surface area contributed by atoms with Crippen molar-refractivity contribution in [3.8, 4) is 0 Å². The Hall–Kier alpha value is -3.43. The normalized spacial score (nSPS) is 12.0. The van der Waals surface area contributed by atoms with Gasteiger partial charge in [-0.1, -0.05) is 41.9 Å². The lowest BCUT2D eigenvalue weighted by atomic mass is 10.1. The molecule has 190 valence electrons. The van der Waals surface area contributed by atoms with E-state index in [4.69, 9.17) is 11.6 Å². The number of rotatable bonds is 9. The number of carbonyl (C=O) groups excluding carboxylic acids is 2. The maximum atomic E-state index is 13.7. The fraction of sp³-hybridized carbons (Fsp3) is 0.231. The van der Waals surface area contributed by atoms with Gasteiger partial charge in [0, 0.05) is 18.6 Å². The van der Waals surface area contributed by atoms with Crippen molar-refractivity contribution in [1.82, 2.24) is 10.2 Å². The molecule has 0 unspecified atom stereocenters. The fourth-order valence-corrected chi connectivity index (χ4v) is 5.27. The molecule has 1 atom stereocenters. The number of likely N-dealkylation sites (N-methyl/N-ethyl adjacent to an activating group) is 1. The topological polar surface area (TPSA) is 86.8 Å². The Morgan fingerprint density at radius 3 is 2.19 bits per heavy atom. The van der Waals surface area contributed by atoms with Crippen LogP contribution in [0.2, 0.25) is 5.02 Å². The summed E-state index contributed by atoms with van der Waals surface area (Å²) < 4.78 is 41.8. The lowest BCUT2D eigenvalue weighted by molar-refractivity contribution is -0.139. The SMILES string of the molecule is CNC(=O)[C@@H](C)N(Cc1ccc(F)cc1)C(=O)CN(c1ccccc1C)S(=O)(=O)c1ccc(Cl)cc1. The highest BCUT2D eigenvalue weighted by Crippen LogP contribution is 2.28. The highest BCUT2D eigenvalue weighted by atomic mass is 35.5. The number of halogens is 2. The molecule has 0 aliphatic rings. The highest BCUT2D eigenvalue weighted by Gasteiger charge is 2.32. The summed E-state index contributed by atoms with van der Waals surface area (Å²) in [6.45, 7) is 2.72. The third kappa shape index (κ3) is 6.22. The van der Waals surface area contributed by atoms with E-state index in [9.17, 15) is 22.4 Å². The second-order valence-electron chi connectivity index (χ2n) is 8.19. The summed E-state index contributed by atoms with van der Waals surface area (Å²) in [7, 11) is -2.73. The molecule has 0 saturated heterocycles. The first kappa shape index (κ1) is 27.2. The van der Waals surface area contributed by atoms with E-state index in [0.29, 0.717) is 21.8 Å². The second kappa shape index (κ2) is 11.5. The Balaban J connectivity index is 2.04. The number of anilines is 1. The molecular weight excluding hydrogens is 505 g/mol. The van der Waals surface area contributed by atoms with E-state index in [-0.39, 0.29) is 11.4 Å². The van der Waals surface area contributed by atoms with E-state index in [0.717, 1.165) is 4.31 Å². The molecule has 2 amide bonds. The van der Waals surface area contributed by atoms with E-state index < -0.39 is 40.2 Å². The van der Waals surface area contributed by atoms with Crippen molar-refractivity contribution in [2.24, 2.45) is 0 Å². The maximum absolute atomic E-state index is 13.7. The van der Waals surface area contributed by atoms with Crippen LogP contribution in [0.1, 0.15) is 18.1 Å². The lowest BCUT2D eigenvalue weighted by Crippen LogP contribution is -2.50. The Labute approximate surface area is 215 Å². The van der Waals surface area contributed by atoms with Gasteiger partial charge in [-0.25, -0.2) is 12.8 Å². The van der Waals surface area contributed by atoms with Crippen LogP contribution >= 0.6 is 11.6 Å². The zero-order valence-electron chi connectivity index (χ0n) is 20.1. The molecule has 0 spiro atoms. The van der Waals surface area contributed by atoms with Crippen molar-refractivity contribution in [2.45, 2.75) is 31.3 Å². The number of sulfonamides is 1. The minimum Gasteiger partial charge on any atom is -0.357 e. The molecule has 0 aromatic heterocycles. The zero-order valence-corrected chi connectivity index (χ0v) is 21.7. The molecule has 0 radical (unpaired) electrons. The van der Waals surface area contributed by atoms with E-state index >= 15 is 0 Å². The molecule has 0 bridgehead atoms. The molecule has 0 fully saturated rings. The molecule has 3 rings (SSSR count). The smallest absolute Gasteiger partial charge is 0.264 e. The monoisotopic (exact) mass is 531 g/mol. The zero-order chi connectivity index (χ0) is 26.5. The summed E-state index contributed by atoms with van der Waals surface area (Å²) in [6.07, 6.45) is 0. The van der Waals surface area contributed by atoms with Crippen LogP contribution in [0.15, 0.2) is 77.7 Å². The van der Waals surface area contributed by atoms with Crippen LogP contribution in [0.25, 0.3) is 0 Å². The summed E-state index contributed by atoms with van der Waals surface area (Å²) in [6, 6.07) is 17.1. The van der Waals surface area contributed by atoms with Gasteiger partial charge in [0.05, 0.1) is 10.6 Å². The number of hydrogen-bond donors (Lipinski definition) is 1. The van der Waals surface area contributed by atoms with Gasteiger partial charge in [-0.05, 0) is 67.4 Å². The molecular formula is C26H27ClFN3O4S. The molecule has 0 aliphatic heterocycles. The Morgan fingerprint density at radius 2 is 1.61 bits per heavy atom. The summed E-state index contributed by atoms with van der Waals surface area (Å²) >= 11 is 5.94. The van der Waals surface area contributed by atoms with Crippen LogP contribution in [0, 0.1) is 12.7 Å². The first-order valence-corrected chi connectivity index (χ1v) is 13.0. The second-order valence-corrected chi connectivity index (χ2v) is 10.5. The van der Waals surface area contributed by atoms with Crippen LogP contribution in [-0.2, 0) is 26.2 Å². The molecule has 7 nitrogen and oxygen atoms in total. The fourth-order valence-electron chi connectivity index (χ4n) is 3.67. The van der Waals surface area contributed by atoms with Gasteiger partial charge in [-0.15, -0.1) is 0 Å². The number of aryl methyl sites for hydroxylation is 1. The van der Waals surface area contributed by atoms with Crippen LogP contribution in [0.4, 0.5) is 10.1 Å². The first-order chi connectivity index (χ1) is 17.0. The van der Waals surface area contributed by atoms with E-state index in [1.165, 1.54) is 60.5 Å². The van der Waals surface area contributed by atoms with E-state index in [1.54, 1.807) is 38.1 Å². The molecule has 10 heteroatoms. The first-order valence-electron chi connectivity index (χ1n) is 11.1. The summed E-state index contributed by atoms with van der Waals surface area (Å²) in [5, 5.41) is 2.89. The molecule has 0 heterocycles. The van der Waals surface area contributed by atoms with Crippen molar-refractivity contribution in [3.05, 3.63) is 94.8 Å². The van der Waals surface area contributed by atoms with E-state index in [2.05, 4.69) is 5.32 Å². The summed E-state index contributed by atoms with van der Waals surface area (Å²) in [5.41, 5.74) is 1.56. The highest BCUT2D eigenvalue weighted by molar-refractivity contribution is 7.92. The average molecular weight is 532 g/mol. The average Bonchev–Trinajstić information content (AvgIpc) is 2.86. The minimum absolute atomic E-state index is 0.0176. The van der Waals surface area contributed by atoms with Gasteiger partial charge in [-0.3, -0.25) is 13.9 Å². The third-order valence-electron chi connectivity index (χ3n) is 5.74. The predicted molar refractivity (Wildman–Crippen MR) is 138 cm³/mol. The number of amides is 2. The summed E-state index contributed by atoms with van der Waals surface area (Å²) in [4.78, 5) is 27.3. The van der Waals surface area contributed by atoms with Crippen molar-refractivity contribution in [2.75, 3.05) is 17.9 Å². The molecule has 36 heavy (non-hydrogen) atoms. The maximum Gasteiger partial charge on any atom is 0.264 e. The van der Waals surface area contributed by atoms with Gasteiger partial charge in [-0.2, -0.15) is 0 Å². The van der Waals surface area contributed by atoms with Gasteiger partial charge in [0.15, 0.2) is 0 Å². The van der Waals surface area contributed by atoms with Crippen molar-refractivity contribution in [3.63, 3.8) is 0 Å². The summed E-state index contributed by atoms with van der Waals surface area (Å²) in [5.74, 6) is -1.46. The molecule has 0 saturated carbocycles. The number of para-hydroxylation sites is 1. The Morgan fingerprint density at radius 1 is 1.00 bits per heavy atom. The predicted octanol–water partition coefficient (Wildman–Crippen LogP) is 4.15. The largest absolute Gasteiger partial charge is 0.357 e. The van der Waals surface area contributed by atoms with Crippen molar-refractivity contribution >= 4 is 39.1 Å². The third-order valence-corrected chi connectivity index (χ3v) is 7.77. The standard InChI is InChI=1S/C26H27ClFN3O4S/c1-18-6-4-5-7-24(18)31(36(34,35)23-14-10-21(27)11-15-23)17-25(32)30(19(2)26(33)29-3)16-20-8-12-22(28)13-9-20/h4-15,19H,16-17H2,1-3H3,(H,29,33)/t19-/m1/s1. The molecule has 1 N–H and O–H groups in total. The van der Waals surface area contributed by atoms with Gasteiger partial charge in [0.1, 0.15) is 18.4 Å². The van der Waals surface area contributed by atoms with E-state index in [1.807, 2.05) is 0 Å². The minimum atomic E-state index is -4.17. The number of hydrogen-bond acceptors (Lipinski definition) is 4. The quantitative estimate of drug-likeness (QED) is 0.449. The van der Waals surface area contributed by atoms with Gasteiger partial charge in [0.25, 0.3) is 10.0 Å². The molecule has 3 aromatic carbocycles. The van der Waals surface area contributed by atoms with Gasteiger partial charge in [0.2, 0.25) is 11.8 Å². The van der Waals surface area contributed by atoms with Crippen molar-refractivity contribution < 1.29 is 22.4 Å². The van der Waals surface area contributed by atoms with Gasteiger partial charge < -0.3 is 10.2 Å². The Kier molecular flexibility index (Phi) is 8.70. The molecule has 0 aliphatic carbocycles. The van der Waals surface area contributed by atoms with Gasteiger partial charge >= 0.3 is 0 Å². The molecule has 3 aromatic rings. The van der Waals surface area contributed by atoms with Crippen LogP contribution in [0.3, 0.4) is 0 Å². The number of benzene rings is 3. The van der Waals surface area contributed by atoms with Crippen LogP contribution < -0.4 is 9.62 Å². The Bertz CT molecular complexity index is 1330. The van der Waals surface area contributed by atoms with Crippen LogP contribution in [-0.4, -0.2) is 44.8 Å². The number of carbonyl (C=O) groups is 2. The van der Waals surface area contributed by atoms with Crippen LogP contribution in [0.5, 0.6) is 0 Å².